The van der Waals surface area contributed by atoms with Crippen LogP contribution in [0.4, 0.5) is 0 Å². The zero-order valence-electron chi connectivity index (χ0n) is 20.0. The van der Waals surface area contributed by atoms with Gasteiger partial charge >= 0.3 is 0 Å². The van der Waals surface area contributed by atoms with E-state index in [1.54, 1.807) is 11.8 Å². The van der Waals surface area contributed by atoms with Gasteiger partial charge in [-0.3, -0.25) is 0 Å². The zero-order chi connectivity index (χ0) is 22.9. The fourth-order valence-corrected chi connectivity index (χ4v) is 5.51. The van der Waals surface area contributed by atoms with Gasteiger partial charge in [0.2, 0.25) is 0 Å². The Balaban J connectivity index is 1.21. The third-order valence-electron chi connectivity index (χ3n) is 6.36. The van der Waals surface area contributed by atoms with Crippen molar-refractivity contribution in [2.75, 3.05) is 0 Å². The van der Waals surface area contributed by atoms with E-state index in [0.717, 1.165) is 37.2 Å². The van der Waals surface area contributed by atoms with E-state index >= 15 is 0 Å². The number of hydrogen-bond donors (Lipinski definition) is 0. The van der Waals surface area contributed by atoms with E-state index in [0.29, 0.717) is 12.2 Å². The van der Waals surface area contributed by atoms with Crippen LogP contribution >= 0.6 is 11.8 Å². The molecule has 180 valence electrons. The van der Waals surface area contributed by atoms with Crippen LogP contribution < -0.4 is 9.47 Å². The predicted octanol–water partition coefficient (Wildman–Crippen LogP) is 7.99. The van der Waals surface area contributed by atoms with Crippen LogP contribution in [0.25, 0.3) is 0 Å². The maximum absolute atomic E-state index is 6.05. The Hall–Kier alpha value is -1.69. The minimum Gasteiger partial charge on any atom is -0.465 e. The molecule has 0 spiro atoms. The number of ether oxygens (including phenoxy) is 4. The van der Waals surface area contributed by atoms with Crippen molar-refractivity contribution >= 4 is 11.8 Å². The first-order valence-electron chi connectivity index (χ1n) is 12.7. The first-order valence-corrected chi connectivity index (χ1v) is 13.5. The molecule has 0 bridgehead atoms. The third kappa shape index (κ3) is 8.24. The van der Waals surface area contributed by atoms with Crippen LogP contribution in [0.1, 0.15) is 78.1 Å². The summed E-state index contributed by atoms with van der Waals surface area (Å²) in [5, 5.41) is 0. The van der Waals surface area contributed by atoms with Crippen molar-refractivity contribution in [2.45, 2.75) is 113 Å². The van der Waals surface area contributed by atoms with Crippen molar-refractivity contribution in [3.63, 3.8) is 0 Å². The molecule has 5 heteroatoms. The summed E-state index contributed by atoms with van der Waals surface area (Å²) < 4.78 is 24.0. The molecule has 0 N–H and O–H groups in total. The summed E-state index contributed by atoms with van der Waals surface area (Å²) in [5.41, 5.74) is 0. The molecule has 0 aliphatic heterocycles. The lowest BCUT2D eigenvalue weighted by molar-refractivity contribution is -0.117. The van der Waals surface area contributed by atoms with Crippen LogP contribution in [0.2, 0.25) is 0 Å². The van der Waals surface area contributed by atoms with Crippen molar-refractivity contribution < 1.29 is 18.9 Å². The SMILES string of the molecule is CC(Oc1ccc(Sc2ccc(OC(C)OC3CCCCC3)cc2)cc1)OC1CCCCC1. The van der Waals surface area contributed by atoms with E-state index in [1.165, 1.54) is 48.3 Å². The van der Waals surface area contributed by atoms with Crippen molar-refractivity contribution in [1.82, 2.24) is 0 Å². The molecule has 2 aliphatic carbocycles. The summed E-state index contributed by atoms with van der Waals surface area (Å²) in [7, 11) is 0. The average Bonchev–Trinajstić information content (AvgIpc) is 2.83. The molecule has 2 aliphatic rings. The van der Waals surface area contributed by atoms with Gasteiger partial charge in [-0.2, -0.15) is 0 Å². The molecule has 2 saturated carbocycles. The first-order chi connectivity index (χ1) is 16.1. The predicted molar refractivity (Wildman–Crippen MR) is 133 cm³/mol. The van der Waals surface area contributed by atoms with Crippen molar-refractivity contribution in [2.24, 2.45) is 0 Å². The summed E-state index contributed by atoms with van der Waals surface area (Å²) in [6, 6.07) is 16.5. The molecule has 0 aromatic heterocycles. The van der Waals surface area contributed by atoms with Gasteiger partial charge in [0.05, 0.1) is 12.2 Å². The van der Waals surface area contributed by atoms with Crippen LogP contribution in [-0.2, 0) is 9.47 Å². The molecule has 0 saturated heterocycles. The minimum atomic E-state index is -0.219. The largest absolute Gasteiger partial charge is 0.465 e. The number of benzene rings is 2. The van der Waals surface area contributed by atoms with E-state index in [-0.39, 0.29) is 12.6 Å². The minimum absolute atomic E-state index is 0.219. The molecule has 0 radical (unpaired) electrons. The second kappa shape index (κ2) is 12.7. The lowest BCUT2D eigenvalue weighted by Crippen LogP contribution is -2.26. The molecule has 2 fully saturated rings. The first kappa shape index (κ1) is 24.4. The third-order valence-corrected chi connectivity index (χ3v) is 7.38. The maximum atomic E-state index is 6.05. The molecular formula is C28H38O4S. The normalized spacial score (nSPS) is 19.7. The fourth-order valence-electron chi connectivity index (χ4n) is 4.69. The van der Waals surface area contributed by atoms with Gasteiger partial charge in [0, 0.05) is 9.79 Å². The maximum Gasteiger partial charge on any atom is 0.197 e. The Morgan fingerprint density at radius 1 is 0.576 bits per heavy atom. The van der Waals surface area contributed by atoms with Gasteiger partial charge in [-0.15, -0.1) is 0 Å². The van der Waals surface area contributed by atoms with Crippen LogP contribution in [-0.4, -0.2) is 24.8 Å². The monoisotopic (exact) mass is 470 g/mol. The van der Waals surface area contributed by atoms with Crippen molar-refractivity contribution in [3.05, 3.63) is 48.5 Å². The Morgan fingerprint density at radius 2 is 0.939 bits per heavy atom. The Morgan fingerprint density at radius 3 is 1.30 bits per heavy atom. The standard InChI is InChI=1S/C28H38O4S/c1-21(29-23-9-5-3-6-10-23)31-25-13-17-27(18-14-25)33-28-19-15-26(16-20-28)32-22(2)30-24-11-7-4-8-12-24/h13-24H,3-12H2,1-2H3. The Kier molecular flexibility index (Phi) is 9.39. The second-order valence-electron chi connectivity index (χ2n) is 9.21. The molecule has 4 nitrogen and oxygen atoms in total. The van der Waals surface area contributed by atoms with Gasteiger partial charge in [-0.1, -0.05) is 50.3 Å². The molecule has 2 atom stereocenters. The summed E-state index contributed by atoms with van der Waals surface area (Å²) in [6.45, 7) is 3.98. The summed E-state index contributed by atoms with van der Waals surface area (Å²) in [5.74, 6) is 1.69. The lowest BCUT2D eigenvalue weighted by atomic mass is 9.98. The summed E-state index contributed by atoms with van der Waals surface area (Å²) >= 11 is 1.73. The number of rotatable bonds is 10. The molecular weight excluding hydrogens is 432 g/mol. The molecule has 2 unspecified atom stereocenters. The smallest absolute Gasteiger partial charge is 0.197 e. The zero-order valence-corrected chi connectivity index (χ0v) is 20.9. The van der Waals surface area contributed by atoms with Crippen LogP contribution in [0.15, 0.2) is 58.3 Å². The average molecular weight is 471 g/mol. The van der Waals surface area contributed by atoms with Gasteiger partial charge in [-0.05, 0) is 88.1 Å². The molecule has 2 aromatic carbocycles. The molecule has 0 heterocycles. The van der Waals surface area contributed by atoms with Gasteiger partial charge < -0.3 is 18.9 Å². The Bertz CT molecular complexity index is 741. The van der Waals surface area contributed by atoms with E-state index < -0.39 is 0 Å². The highest BCUT2D eigenvalue weighted by molar-refractivity contribution is 7.99. The quantitative estimate of drug-likeness (QED) is 0.329. The number of hydrogen-bond acceptors (Lipinski definition) is 5. The topological polar surface area (TPSA) is 36.9 Å². The molecule has 0 amide bonds. The summed E-state index contributed by atoms with van der Waals surface area (Å²) in [6.07, 6.45) is 12.6. The fraction of sp³-hybridized carbons (Fsp3) is 0.571. The van der Waals surface area contributed by atoms with E-state index in [9.17, 15) is 0 Å². The van der Waals surface area contributed by atoms with Crippen molar-refractivity contribution in [1.29, 1.82) is 0 Å². The highest BCUT2D eigenvalue weighted by Gasteiger charge is 2.18. The van der Waals surface area contributed by atoms with Crippen LogP contribution in [0.5, 0.6) is 11.5 Å². The van der Waals surface area contributed by atoms with E-state index in [1.807, 2.05) is 38.1 Å². The van der Waals surface area contributed by atoms with Gasteiger partial charge in [0.15, 0.2) is 12.6 Å². The van der Waals surface area contributed by atoms with Gasteiger partial charge in [0.1, 0.15) is 11.5 Å². The van der Waals surface area contributed by atoms with Crippen LogP contribution in [0.3, 0.4) is 0 Å². The molecule has 33 heavy (non-hydrogen) atoms. The highest BCUT2D eigenvalue weighted by atomic mass is 32.2. The van der Waals surface area contributed by atoms with Gasteiger partial charge in [0.25, 0.3) is 0 Å². The van der Waals surface area contributed by atoms with Crippen molar-refractivity contribution in [3.8, 4) is 11.5 Å². The van der Waals surface area contributed by atoms with Crippen LogP contribution in [0, 0.1) is 0 Å². The summed E-state index contributed by atoms with van der Waals surface area (Å²) in [4.78, 5) is 2.34. The highest BCUT2D eigenvalue weighted by Crippen LogP contribution is 2.31. The Labute approximate surface area is 203 Å². The lowest BCUT2D eigenvalue weighted by Gasteiger charge is -2.26. The molecule has 2 aromatic rings. The molecule has 4 rings (SSSR count). The van der Waals surface area contributed by atoms with E-state index in [4.69, 9.17) is 18.9 Å². The van der Waals surface area contributed by atoms with E-state index in [2.05, 4.69) is 24.3 Å². The second-order valence-corrected chi connectivity index (χ2v) is 10.4. The van der Waals surface area contributed by atoms with Gasteiger partial charge in [-0.25, -0.2) is 0 Å².